The zero-order valence-electron chi connectivity index (χ0n) is 6.65. The Hall–Kier alpha value is -1.32. The summed E-state index contributed by atoms with van der Waals surface area (Å²) >= 11 is 0. The molecule has 2 unspecified atom stereocenters. The number of carbonyl (C=O) groups is 1. The van der Waals surface area contributed by atoms with Crippen molar-refractivity contribution in [3.8, 4) is 0 Å². The average molecular weight is 167 g/mol. The maximum Gasteiger partial charge on any atom is 0.358 e. The average Bonchev–Trinajstić information content (AvgIpc) is 2.58. The van der Waals surface area contributed by atoms with Gasteiger partial charge in [-0.15, -0.1) is 0 Å². The third kappa shape index (κ3) is 0.995. The lowest BCUT2D eigenvalue weighted by Crippen LogP contribution is -2.00. The van der Waals surface area contributed by atoms with Crippen LogP contribution >= 0.6 is 0 Å². The van der Waals surface area contributed by atoms with E-state index in [-0.39, 0.29) is 11.6 Å². The molecule has 0 spiro atoms. The zero-order chi connectivity index (χ0) is 8.72. The molecule has 0 saturated heterocycles. The molecule has 1 aliphatic carbocycles. The van der Waals surface area contributed by atoms with Gasteiger partial charge in [0.15, 0.2) is 12.1 Å². The van der Waals surface area contributed by atoms with Crippen molar-refractivity contribution in [1.82, 2.24) is 4.98 Å². The lowest BCUT2D eigenvalue weighted by atomic mass is 10.2. The van der Waals surface area contributed by atoms with E-state index in [0.717, 1.165) is 6.42 Å². The molecule has 1 fully saturated rings. The molecule has 0 radical (unpaired) electrons. The molecule has 0 aliphatic heterocycles. The van der Waals surface area contributed by atoms with E-state index in [1.807, 2.05) is 0 Å². The summed E-state index contributed by atoms with van der Waals surface area (Å²) in [7, 11) is 0. The van der Waals surface area contributed by atoms with Crippen LogP contribution in [-0.2, 0) is 0 Å². The minimum absolute atomic E-state index is 0.0735. The van der Waals surface area contributed by atoms with Gasteiger partial charge in [0, 0.05) is 5.92 Å². The Labute approximate surface area is 69.2 Å². The molecule has 1 aromatic heterocycles. The van der Waals surface area contributed by atoms with Crippen LogP contribution in [0, 0.1) is 5.92 Å². The van der Waals surface area contributed by atoms with Crippen LogP contribution in [0.5, 0.6) is 0 Å². The van der Waals surface area contributed by atoms with E-state index in [4.69, 9.17) is 9.52 Å². The molecule has 12 heavy (non-hydrogen) atoms. The topological polar surface area (TPSA) is 63.3 Å². The summed E-state index contributed by atoms with van der Waals surface area (Å²) in [4.78, 5) is 14.2. The fraction of sp³-hybridized carbons (Fsp3) is 0.500. The zero-order valence-corrected chi connectivity index (χ0v) is 6.65. The van der Waals surface area contributed by atoms with Crippen molar-refractivity contribution in [2.24, 2.45) is 5.92 Å². The van der Waals surface area contributed by atoms with Crippen molar-refractivity contribution in [2.75, 3.05) is 0 Å². The summed E-state index contributed by atoms with van der Waals surface area (Å²) in [5.74, 6) is 0.350. The molecule has 4 heteroatoms. The second-order valence-corrected chi connectivity index (χ2v) is 3.19. The number of nitrogens with zero attached hydrogens (tertiary/aromatic N) is 1. The van der Waals surface area contributed by atoms with Gasteiger partial charge in [-0.3, -0.25) is 0 Å². The van der Waals surface area contributed by atoms with Crippen LogP contribution in [0.1, 0.15) is 35.5 Å². The number of carboxylic acids is 1. The normalized spacial score (nSPS) is 27.1. The van der Waals surface area contributed by atoms with Crippen LogP contribution in [0.2, 0.25) is 0 Å². The predicted octanol–water partition coefficient (Wildman–Crippen LogP) is 1.50. The highest BCUT2D eigenvalue weighted by molar-refractivity contribution is 5.86. The van der Waals surface area contributed by atoms with Gasteiger partial charge in [-0.1, -0.05) is 6.92 Å². The van der Waals surface area contributed by atoms with Crippen LogP contribution in [0.25, 0.3) is 0 Å². The first kappa shape index (κ1) is 7.34. The molecule has 2 atom stereocenters. The van der Waals surface area contributed by atoms with Crippen LogP contribution in [0.4, 0.5) is 0 Å². The Balaban J connectivity index is 2.31. The Bertz CT molecular complexity index is 318. The van der Waals surface area contributed by atoms with Crippen LogP contribution in [-0.4, -0.2) is 16.1 Å². The fourth-order valence-corrected chi connectivity index (χ4v) is 1.37. The fourth-order valence-electron chi connectivity index (χ4n) is 1.37. The number of aromatic nitrogens is 1. The number of aromatic carboxylic acids is 1. The van der Waals surface area contributed by atoms with E-state index < -0.39 is 5.97 Å². The first-order valence-electron chi connectivity index (χ1n) is 3.87. The molecule has 1 N–H and O–H groups in total. The van der Waals surface area contributed by atoms with Crippen molar-refractivity contribution >= 4 is 5.97 Å². The van der Waals surface area contributed by atoms with Gasteiger partial charge in [-0.05, 0) is 12.3 Å². The lowest BCUT2D eigenvalue weighted by Gasteiger charge is -1.92. The minimum atomic E-state index is -1.00. The molecular weight excluding hydrogens is 158 g/mol. The van der Waals surface area contributed by atoms with Gasteiger partial charge < -0.3 is 9.52 Å². The largest absolute Gasteiger partial charge is 0.476 e. The summed E-state index contributed by atoms with van der Waals surface area (Å²) < 4.78 is 5.03. The highest BCUT2D eigenvalue weighted by Gasteiger charge is 2.40. The minimum Gasteiger partial charge on any atom is -0.476 e. The number of rotatable bonds is 2. The molecule has 0 amide bonds. The van der Waals surface area contributed by atoms with E-state index >= 15 is 0 Å². The molecule has 0 bridgehead atoms. The van der Waals surface area contributed by atoms with Gasteiger partial charge in [0.25, 0.3) is 0 Å². The second kappa shape index (κ2) is 2.33. The summed E-state index contributed by atoms with van der Waals surface area (Å²) in [6.07, 6.45) is 2.21. The van der Waals surface area contributed by atoms with Gasteiger partial charge >= 0.3 is 5.97 Å². The molecule has 1 aliphatic rings. The van der Waals surface area contributed by atoms with Crippen molar-refractivity contribution in [3.05, 3.63) is 17.8 Å². The molecule has 0 aromatic carbocycles. The first-order chi connectivity index (χ1) is 5.70. The third-order valence-electron chi connectivity index (χ3n) is 2.24. The van der Waals surface area contributed by atoms with Gasteiger partial charge in [0.2, 0.25) is 0 Å². The van der Waals surface area contributed by atoms with Gasteiger partial charge in [-0.25, -0.2) is 9.78 Å². The Morgan fingerprint density at radius 3 is 3.00 bits per heavy atom. The molecular formula is C8H9NO3. The van der Waals surface area contributed by atoms with Crippen LogP contribution in [0.15, 0.2) is 10.8 Å². The molecule has 4 nitrogen and oxygen atoms in total. The maximum atomic E-state index is 10.6. The molecule has 1 aromatic rings. The van der Waals surface area contributed by atoms with Crippen LogP contribution < -0.4 is 0 Å². The highest BCUT2D eigenvalue weighted by atomic mass is 16.4. The van der Waals surface area contributed by atoms with E-state index in [1.165, 1.54) is 6.39 Å². The maximum absolute atomic E-state index is 10.6. The Kier molecular flexibility index (Phi) is 1.43. The van der Waals surface area contributed by atoms with Gasteiger partial charge in [0.05, 0.1) is 0 Å². The SMILES string of the molecule is CC1CC1c1ocnc1C(=O)O. The third-order valence-corrected chi connectivity index (χ3v) is 2.24. The predicted molar refractivity (Wildman–Crippen MR) is 40.0 cm³/mol. The highest BCUT2D eigenvalue weighted by Crippen LogP contribution is 2.47. The smallest absolute Gasteiger partial charge is 0.358 e. The summed E-state index contributed by atoms with van der Waals surface area (Å²) in [6, 6.07) is 0. The lowest BCUT2D eigenvalue weighted by molar-refractivity contribution is 0.0688. The Morgan fingerprint density at radius 2 is 2.50 bits per heavy atom. The standard InChI is InChI=1S/C8H9NO3/c1-4-2-5(4)7-6(8(10)11)9-3-12-7/h3-5H,2H2,1H3,(H,10,11). The van der Waals surface area contributed by atoms with Gasteiger partial charge in [-0.2, -0.15) is 0 Å². The van der Waals surface area contributed by atoms with E-state index in [1.54, 1.807) is 0 Å². The van der Waals surface area contributed by atoms with Crippen molar-refractivity contribution in [3.63, 3.8) is 0 Å². The molecule has 1 saturated carbocycles. The number of hydrogen-bond acceptors (Lipinski definition) is 3. The molecule has 1 heterocycles. The quantitative estimate of drug-likeness (QED) is 0.724. The number of carboxylic acid groups (broad SMARTS) is 1. The second-order valence-electron chi connectivity index (χ2n) is 3.19. The van der Waals surface area contributed by atoms with Crippen molar-refractivity contribution < 1.29 is 14.3 Å². The van der Waals surface area contributed by atoms with Crippen LogP contribution in [0.3, 0.4) is 0 Å². The number of hydrogen-bond donors (Lipinski definition) is 1. The van der Waals surface area contributed by atoms with E-state index in [9.17, 15) is 4.79 Å². The molecule has 64 valence electrons. The van der Waals surface area contributed by atoms with Gasteiger partial charge in [0.1, 0.15) is 5.76 Å². The van der Waals surface area contributed by atoms with E-state index in [2.05, 4.69) is 11.9 Å². The summed E-state index contributed by atoms with van der Waals surface area (Å²) in [6.45, 7) is 2.07. The first-order valence-corrected chi connectivity index (χ1v) is 3.87. The molecule has 2 rings (SSSR count). The number of oxazole rings is 1. The Morgan fingerprint density at radius 1 is 1.83 bits per heavy atom. The van der Waals surface area contributed by atoms with Crippen molar-refractivity contribution in [1.29, 1.82) is 0 Å². The van der Waals surface area contributed by atoms with E-state index in [0.29, 0.717) is 11.7 Å². The summed E-state index contributed by atoms with van der Waals surface area (Å²) in [5.41, 5.74) is 0.0735. The van der Waals surface area contributed by atoms with Crippen molar-refractivity contribution in [2.45, 2.75) is 19.3 Å². The monoisotopic (exact) mass is 167 g/mol. The summed E-state index contributed by atoms with van der Waals surface area (Å²) in [5, 5.41) is 8.69.